The van der Waals surface area contributed by atoms with E-state index in [1.165, 1.54) is 0 Å². The number of hydrogen-bond acceptors (Lipinski definition) is 3. The second-order valence-electron chi connectivity index (χ2n) is 4.97. The lowest BCUT2D eigenvalue weighted by Crippen LogP contribution is -2.31. The SMILES string of the molecule is Cc1cccc(C=O)c1OC1CCCCCC1O. The van der Waals surface area contributed by atoms with Crippen LogP contribution in [0.2, 0.25) is 0 Å². The number of aryl methyl sites for hydroxylation is 1. The lowest BCUT2D eigenvalue weighted by Gasteiger charge is -2.23. The van der Waals surface area contributed by atoms with Crippen LogP contribution in [0.1, 0.15) is 48.0 Å². The predicted molar refractivity (Wildman–Crippen MR) is 70.1 cm³/mol. The molecule has 3 heteroatoms. The molecular formula is C15H20O3. The zero-order valence-electron chi connectivity index (χ0n) is 10.8. The van der Waals surface area contributed by atoms with Gasteiger partial charge in [-0.1, -0.05) is 25.0 Å². The number of benzene rings is 1. The molecule has 1 aromatic rings. The molecule has 0 radical (unpaired) electrons. The van der Waals surface area contributed by atoms with Crippen LogP contribution in [0.5, 0.6) is 5.75 Å². The topological polar surface area (TPSA) is 46.5 Å². The molecule has 2 unspecified atom stereocenters. The average Bonchev–Trinajstić information content (AvgIpc) is 2.57. The second kappa shape index (κ2) is 6.01. The monoisotopic (exact) mass is 248 g/mol. The molecule has 1 saturated carbocycles. The molecule has 0 amide bonds. The van der Waals surface area contributed by atoms with Crippen LogP contribution in [0.25, 0.3) is 0 Å². The molecular weight excluding hydrogens is 228 g/mol. The summed E-state index contributed by atoms with van der Waals surface area (Å²) in [5.74, 6) is 0.624. The third-order valence-electron chi connectivity index (χ3n) is 3.56. The zero-order chi connectivity index (χ0) is 13.0. The van der Waals surface area contributed by atoms with Crippen molar-refractivity contribution in [3.63, 3.8) is 0 Å². The number of aliphatic hydroxyl groups is 1. The Kier molecular flexibility index (Phi) is 4.37. The van der Waals surface area contributed by atoms with E-state index in [0.717, 1.165) is 44.0 Å². The van der Waals surface area contributed by atoms with Crippen LogP contribution < -0.4 is 4.74 Å². The number of ether oxygens (including phenoxy) is 1. The van der Waals surface area contributed by atoms with Gasteiger partial charge in [0, 0.05) is 0 Å². The molecule has 0 spiro atoms. The predicted octanol–water partition coefficient (Wildman–Crippen LogP) is 2.88. The summed E-state index contributed by atoms with van der Waals surface area (Å²) in [7, 11) is 0. The van der Waals surface area contributed by atoms with Crippen molar-refractivity contribution >= 4 is 6.29 Å². The number of carbonyl (C=O) groups excluding carboxylic acids is 1. The highest BCUT2D eigenvalue weighted by molar-refractivity contribution is 5.80. The Balaban J connectivity index is 2.19. The van der Waals surface area contributed by atoms with E-state index < -0.39 is 6.10 Å². The van der Waals surface area contributed by atoms with E-state index >= 15 is 0 Å². The van der Waals surface area contributed by atoms with Crippen LogP contribution in [0.3, 0.4) is 0 Å². The van der Waals surface area contributed by atoms with Gasteiger partial charge in [0.05, 0.1) is 11.7 Å². The summed E-state index contributed by atoms with van der Waals surface area (Å²) in [6, 6.07) is 5.51. The standard InChI is InChI=1S/C15H20O3/c1-11-6-5-7-12(10-16)15(11)18-14-9-4-2-3-8-13(14)17/h5-7,10,13-14,17H,2-4,8-9H2,1H3. The molecule has 3 nitrogen and oxygen atoms in total. The fourth-order valence-electron chi connectivity index (χ4n) is 2.47. The molecule has 0 bridgehead atoms. The highest BCUT2D eigenvalue weighted by Crippen LogP contribution is 2.27. The molecule has 1 aliphatic rings. The van der Waals surface area contributed by atoms with Crippen LogP contribution in [0, 0.1) is 6.92 Å². The summed E-state index contributed by atoms with van der Waals surface area (Å²) < 4.78 is 5.92. The minimum Gasteiger partial charge on any atom is -0.487 e. The normalized spacial score (nSPS) is 24.3. The maximum atomic E-state index is 11.0. The number of carbonyl (C=O) groups is 1. The zero-order valence-corrected chi connectivity index (χ0v) is 10.8. The maximum Gasteiger partial charge on any atom is 0.153 e. The summed E-state index contributed by atoms with van der Waals surface area (Å²) >= 11 is 0. The van der Waals surface area contributed by atoms with E-state index in [2.05, 4.69) is 0 Å². The van der Waals surface area contributed by atoms with E-state index in [4.69, 9.17) is 4.74 Å². The Labute approximate surface area is 108 Å². The van der Waals surface area contributed by atoms with E-state index in [1.807, 2.05) is 19.1 Å². The largest absolute Gasteiger partial charge is 0.487 e. The smallest absolute Gasteiger partial charge is 0.153 e. The van der Waals surface area contributed by atoms with Gasteiger partial charge in [0.25, 0.3) is 0 Å². The summed E-state index contributed by atoms with van der Waals surface area (Å²) in [5.41, 5.74) is 1.50. The van der Waals surface area contributed by atoms with Gasteiger partial charge in [-0.25, -0.2) is 0 Å². The molecule has 0 aromatic heterocycles. The first-order chi connectivity index (χ1) is 8.72. The Morgan fingerprint density at radius 2 is 2.06 bits per heavy atom. The van der Waals surface area contributed by atoms with Gasteiger partial charge < -0.3 is 9.84 Å². The molecule has 18 heavy (non-hydrogen) atoms. The van der Waals surface area contributed by atoms with Crippen LogP contribution in [-0.4, -0.2) is 23.6 Å². The fourth-order valence-corrected chi connectivity index (χ4v) is 2.47. The highest BCUT2D eigenvalue weighted by atomic mass is 16.5. The van der Waals surface area contributed by atoms with Crippen molar-refractivity contribution in [1.29, 1.82) is 0 Å². The molecule has 0 heterocycles. The van der Waals surface area contributed by atoms with Crippen LogP contribution in [0.4, 0.5) is 0 Å². The summed E-state index contributed by atoms with van der Waals surface area (Å²) in [6.45, 7) is 1.92. The molecule has 2 rings (SSSR count). The molecule has 2 atom stereocenters. The molecule has 0 saturated heterocycles. The first-order valence-corrected chi connectivity index (χ1v) is 6.62. The average molecular weight is 248 g/mol. The van der Waals surface area contributed by atoms with Crippen LogP contribution in [-0.2, 0) is 0 Å². The minimum atomic E-state index is -0.424. The third-order valence-corrected chi connectivity index (χ3v) is 3.56. The third kappa shape index (κ3) is 2.91. The highest BCUT2D eigenvalue weighted by Gasteiger charge is 2.24. The summed E-state index contributed by atoms with van der Waals surface area (Å²) in [5, 5.41) is 10.1. The summed E-state index contributed by atoms with van der Waals surface area (Å²) in [4.78, 5) is 11.0. The van der Waals surface area contributed by atoms with E-state index in [-0.39, 0.29) is 6.10 Å². The lowest BCUT2D eigenvalue weighted by molar-refractivity contribution is 0.0312. The Morgan fingerprint density at radius 1 is 1.28 bits per heavy atom. The number of hydrogen-bond donors (Lipinski definition) is 1. The van der Waals surface area contributed by atoms with E-state index in [0.29, 0.717) is 11.3 Å². The number of aldehydes is 1. The van der Waals surface area contributed by atoms with Crippen LogP contribution >= 0.6 is 0 Å². The Morgan fingerprint density at radius 3 is 2.83 bits per heavy atom. The van der Waals surface area contributed by atoms with Crippen LogP contribution in [0.15, 0.2) is 18.2 Å². The first-order valence-electron chi connectivity index (χ1n) is 6.62. The van der Waals surface area contributed by atoms with Crippen molar-refractivity contribution in [3.05, 3.63) is 29.3 Å². The van der Waals surface area contributed by atoms with Crippen molar-refractivity contribution in [1.82, 2.24) is 0 Å². The number of para-hydroxylation sites is 1. The van der Waals surface area contributed by atoms with Gasteiger partial charge >= 0.3 is 0 Å². The van der Waals surface area contributed by atoms with Crippen molar-refractivity contribution in [3.8, 4) is 5.75 Å². The second-order valence-corrected chi connectivity index (χ2v) is 4.97. The molecule has 1 aromatic carbocycles. The number of aliphatic hydroxyl groups excluding tert-OH is 1. The van der Waals surface area contributed by atoms with Crippen molar-refractivity contribution in [2.24, 2.45) is 0 Å². The number of rotatable bonds is 3. The van der Waals surface area contributed by atoms with Gasteiger partial charge in [-0.3, -0.25) is 4.79 Å². The Hall–Kier alpha value is -1.35. The molecule has 1 N–H and O–H groups in total. The van der Waals surface area contributed by atoms with E-state index in [9.17, 15) is 9.90 Å². The van der Waals surface area contributed by atoms with Gasteiger partial charge in [0.2, 0.25) is 0 Å². The molecule has 0 aliphatic heterocycles. The van der Waals surface area contributed by atoms with Gasteiger partial charge in [-0.15, -0.1) is 0 Å². The van der Waals surface area contributed by atoms with Gasteiger partial charge in [-0.05, 0) is 37.8 Å². The molecule has 1 fully saturated rings. The van der Waals surface area contributed by atoms with Gasteiger partial charge in [0.1, 0.15) is 11.9 Å². The fraction of sp³-hybridized carbons (Fsp3) is 0.533. The van der Waals surface area contributed by atoms with Crippen molar-refractivity contribution in [2.45, 2.75) is 51.2 Å². The van der Waals surface area contributed by atoms with Gasteiger partial charge in [-0.2, -0.15) is 0 Å². The lowest BCUT2D eigenvalue weighted by atomic mass is 10.1. The Bertz CT molecular complexity index is 414. The molecule has 98 valence electrons. The van der Waals surface area contributed by atoms with Crippen molar-refractivity contribution in [2.75, 3.05) is 0 Å². The van der Waals surface area contributed by atoms with Crippen molar-refractivity contribution < 1.29 is 14.6 Å². The minimum absolute atomic E-state index is 0.188. The van der Waals surface area contributed by atoms with E-state index in [1.54, 1.807) is 6.07 Å². The van der Waals surface area contributed by atoms with Gasteiger partial charge in [0.15, 0.2) is 6.29 Å². The first kappa shape index (κ1) is 13.1. The quantitative estimate of drug-likeness (QED) is 0.661. The maximum absolute atomic E-state index is 11.0. The summed E-state index contributed by atoms with van der Waals surface area (Å²) in [6.07, 6.45) is 5.11. The molecule has 1 aliphatic carbocycles.